The average Bonchev–Trinajstić information content (AvgIpc) is 2.37. The molecule has 0 spiro atoms. The SMILES string of the molecule is CNC(C)C(=O)N[C@H](C)c1cccc(OC)c1. The van der Waals surface area contributed by atoms with Gasteiger partial charge in [-0.25, -0.2) is 0 Å². The number of nitrogens with one attached hydrogen (secondary N) is 2. The molecular weight excluding hydrogens is 216 g/mol. The fourth-order valence-corrected chi connectivity index (χ4v) is 1.46. The Hall–Kier alpha value is -1.55. The molecule has 1 rings (SSSR count). The number of benzene rings is 1. The van der Waals surface area contributed by atoms with Gasteiger partial charge in [-0.3, -0.25) is 4.79 Å². The molecule has 0 saturated heterocycles. The Morgan fingerprint density at radius 2 is 2.06 bits per heavy atom. The van der Waals surface area contributed by atoms with Crippen molar-refractivity contribution >= 4 is 5.91 Å². The van der Waals surface area contributed by atoms with E-state index in [2.05, 4.69) is 10.6 Å². The van der Waals surface area contributed by atoms with Crippen molar-refractivity contribution in [2.45, 2.75) is 25.9 Å². The van der Waals surface area contributed by atoms with Crippen molar-refractivity contribution in [3.63, 3.8) is 0 Å². The predicted molar refractivity (Wildman–Crippen MR) is 68.1 cm³/mol. The molecule has 4 heteroatoms. The first kappa shape index (κ1) is 13.5. The third kappa shape index (κ3) is 3.75. The van der Waals surface area contributed by atoms with Gasteiger partial charge >= 0.3 is 0 Å². The molecule has 0 fully saturated rings. The highest BCUT2D eigenvalue weighted by Gasteiger charge is 2.14. The lowest BCUT2D eigenvalue weighted by atomic mass is 10.1. The maximum absolute atomic E-state index is 11.7. The Balaban J connectivity index is 2.69. The van der Waals surface area contributed by atoms with Crippen LogP contribution in [0.15, 0.2) is 24.3 Å². The summed E-state index contributed by atoms with van der Waals surface area (Å²) in [5.74, 6) is 0.785. The summed E-state index contributed by atoms with van der Waals surface area (Å²) in [6.07, 6.45) is 0. The van der Waals surface area contributed by atoms with Crippen molar-refractivity contribution in [3.8, 4) is 5.75 Å². The third-order valence-corrected chi connectivity index (χ3v) is 2.78. The van der Waals surface area contributed by atoms with E-state index in [1.807, 2.05) is 38.1 Å². The first-order chi connectivity index (χ1) is 8.08. The van der Waals surface area contributed by atoms with Crippen LogP contribution in [0.4, 0.5) is 0 Å². The molecule has 0 heterocycles. The van der Waals surface area contributed by atoms with Crippen molar-refractivity contribution < 1.29 is 9.53 Å². The van der Waals surface area contributed by atoms with Crippen molar-refractivity contribution in [1.82, 2.24) is 10.6 Å². The lowest BCUT2D eigenvalue weighted by molar-refractivity contribution is -0.123. The second kappa shape index (κ2) is 6.25. The van der Waals surface area contributed by atoms with Crippen LogP contribution in [0, 0.1) is 0 Å². The van der Waals surface area contributed by atoms with Crippen LogP contribution in [0.5, 0.6) is 5.75 Å². The lowest BCUT2D eigenvalue weighted by Gasteiger charge is -2.18. The minimum Gasteiger partial charge on any atom is -0.497 e. The van der Waals surface area contributed by atoms with Gasteiger partial charge in [0.1, 0.15) is 5.75 Å². The minimum atomic E-state index is -0.192. The van der Waals surface area contributed by atoms with E-state index in [0.717, 1.165) is 11.3 Å². The second-order valence-electron chi connectivity index (χ2n) is 4.02. The summed E-state index contributed by atoms with van der Waals surface area (Å²) >= 11 is 0. The van der Waals surface area contributed by atoms with Crippen LogP contribution in [0.25, 0.3) is 0 Å². The maximum atomic E-state index is 11.7. The van der Waals surface area contributed by atoms with E-state index in [9.17, 15) is 4.79 Å². The fourth-order valence-electron chi connectivity index (χ4n) is 1.46. The summed E-state index contributed by atoms with van der Waals surface area (Å²) in [4.78, 5) is 11.7. The van der Waals surface area contributed by atoms with E-state index in [0.29, 0.717) is 0 Å². The zero-order valence-corrected chi connectivity index (χ0v) is 10.8. The largest absolute Gasteiger partial charge is 0.497 e. The minimum absolute atomic E-state index is 0.0113. The Bertz CT molecular complexity index is 379. The van der Waals surface area contributed by atoms with Crippen molar-refractivity contribution in [1.29, 1.82) is 0 Å². The van der Waals surface area contributed by atoms with Crippen LogP contribution in [0.1, 0.15) is 25.5 Å². The summed E-state index contributed by atoms with van der Waals surface area (Å²) in [6, 6.07) is 7.47. The van der Waals surface area contributed by atoms with Crippen LogP contribution < -0.4 is 15.4 Å². The highest BCUT2D eigenvalue weighted by atomic mass is 16.5. The van der Waals surface area contributed by atoms with Gasteiger partial charge in [-0.15, -0.1) is 0 Å². The van der Waals surface area contributed by atoms with Crippen LogP contribution in [-0.2, 0) is 4.79 Å². The summed E-state index contributed by atoms with van der Waals surface area (Å²) < 4.78 is 5.15. The molecule has 94 valence electrons. The Labute approximate surface area is 102 Å². The number of ether oxygens (including phenoxy) is 1. The first-order valence-corrected chi connectivity index (χ1v) is 5.70. The summed E-state index contributed by atoms with van der Waals surface area (Å²) in [6.45, 7) is 3.78. The van der Waals surface area contributed by atoms with E-state index in [4.69, 9.17) is 4.74 Å². The molecule has 4 nitrogen and oxygen atoms in total. The molecule has 0 radical (unpaired) electrons. The normalized spacial score (nSPS) is 13.9. The maximum Gasteiger partial charge on any atom is 0.237 e. The van der Waals surface area contributed by atoms with E-state index in [1.165, 1.54) is 0 Å². The molecule has 2 atom stereocenters. The molecular formula is C13H20N2O2. The molecule has 0 aliphatic heterocycles. The van der Waals surface area contributed by atoms with Crippen LogP contribution >= 0.6 is 0 Å². The monoisotopic (exact) mass is 236 g/mol. The molecule has 0 saturated carbocycles. The standard InChI is InChI=1S/C13H20N2O2/c1-9(15-13(16)10(2)14-3)11-6-5-7-12(8-11)17-4/h5-10,14H,1-4H3,(H,15,16)/t9-,10?/m1/s1. The smallest absolute Gasteiger partial charge is 0.237 e. The number of rotatable bonds is 5. The Kier molecular flexibility index (Phi) is 4.97. The van der Waals surface area contributed by atoms with Gasteiger partial charge in [0.25, 0.3) is 0 Å². The average molecular weight is 236 g/mol. The van der Waals surface area contributed by atoms with Gasteiger partial charge < -0.3 is 15.4 Å². The number of methoxy groups -OCH3 is 1. The van der Waals surface area contributed by atoms with Crippen molar-refractivity contribution in [2.24, 2.45) is 0 Å². The van der Waals surface area contributed by atoms with E-state index in [-0.39, 0.29) is 18.0 Å². The Morgan fingerprint density at radius 1 is 1.35 bits per heavy atom. The third-order valence-electron chi connectivity index (χ3n) is 2.78. The highest BCUT2D eigenvalue weighted by molar-refractivity contribution is 5.81. The van der Waals surface area contributed by atoms with Gasteiger partial charge in [-0.05, 0) is 38.6 Å². The van der Waals surface area contributed by atoms with E-state index >= 15 is 0 Å². The molecule has 17 heavy (non-hydrogen) atoms. The van der Waals surface area contributed by atoms with Gasteiger partial charge in [-0.2, -0.15) is 0 Å². The van der Waals surface area contributed by atoms with Crippen LogP contribution in [0.2, 0.25) is 0 Å². The second-order valence-corrected chi connectivity index (χ2v) is 4.02. The zero-order chi connectivity index (χ0) is 12.8. The summed E-state index contributed by atoms with van der Waals surface area (Å²) in [5.41, 5.74) is 1.03. The molecule has 1 amide bonds. The van der Waals surface area contributed by atoms with Crippen LogP contribution in [0.3, 0.4) is 0 Å². The topological polar surface area (TPSA) is 50.4 Å². The Morgan fingerprint density at radius 3 is 2.65 bits per heavy atom. The molecule has 0 aliphatic rings. The van der Waals surface area contributed by atoms with Crippen molar-refractivity contribution in [3.05, 3.63) is 29.8 Å². The number of hydrogen-bond donors (Lipinski definition) is 2. The summed E-state index contributed by atoms with van der Waals surface area (Å²) in [7, 11) is 3.39. The van der Waals surface area contributed by atoms with Gasteiger partial charge in [0.05, 0.1) is 19.2 Å². The molecule has 1 aromatic carbocycles. The van der Waals surface area contributed by atoms with Crippen molar-refractivity contribution in [2.75, 3.05) is 14.2 Å². The number of likely N-dealkylation sites (N-methyl/N-ethyl adjacent to an activating group) is 1. The highest BCUT2D eigenvalue weighted by Crippen LogP contribution is 2.18. The van der Waals surface area contributed by atoms with Gasteiger partial charge in [0.15, 0.2) is 0 Å². The molecule has 1 unspecified atom stereocenters. The summed E-state index contributed by atoms with van der Waals surface area (Å²) in [5, 5.41) is 5.85. The number of hydrogen-bond acceptors (Lipinski definition) is 3. The molecule has 2 N–H and O–H groups in total. The first-order valence-electron chi connectivity index (χ1n) is 5.70. The number of amides is 1. The van der Waals surface area contributed by atoms with Gasteiger partial charge in [-0.1, -0.05) is 12.1 Å². The molecule has 0 aliphatic carbocycles. The number of carbonyl (C=O) groups is 1. The van der Waals surface area contributed by atoms with Crippen LogP contribution in [-0.4, -0.2) is 26.1 Å². The number of carbonyl (C=O) groups excluding carboxylic acids is 1. The van der Waals surface area contributed by atoms with Gasteiger partial charge in [0.2, 0.25) is 5.91 Å². The van der Waals surface area contributed by atoms with E-state index in [1.54, 1.807) is 14.2 Å². The zero-order valence-electron chi connectivity index (χ0n) is 10.8. The molecule has 0 bridgehead atoms. The quantitative estimate of drug-likeness (QED) is 0.814. The van der Waals surface area contributed by atoms with Gasteiger partial charge in [0, 0.05) is 0 Å². The predicted octanol–water partition coefficient (Wildman–Crippen LogP) is 1.48. The fraction of sp³-hybridized carbons (Fsp3) is 0.462. The molecule has 1 aromatic rings. The van der Waals surface area contributed by atoms with E-state index < -0.39 is 0 Å². The lowest BCUT2D eigenvalue weighted by Crippen LogP contribution is -2.41. The molecule has 0 aromatic heterocycles.